The first-order chi connectivity index (χ1) is 31.5. The molecule has 1 amide bonds. The van der Waals surface area contributed by atoms with Crippen LogP contribution in [-0.2, 0) is 14.3 Å². The van der Waals surface area contributed by atoms with Crippen molar-refractivity contribution in [3.05, 3.63) is 12.2 Å². The molecule has 6 nitrogen and oxygen atoms in total. The van der Waals surface area contributed by atoms with Gasteiger partial charge in [-0.15, -0.1) is 0 Å². The Morgan fingerprint density at radius 3 is 1.11 bits per heavy atom. The monoisotopic (exact) mass is 904 g/mol. The summed E-state index contributed by atoms with van der Waals surface area (Å²) < 4.78 is 5.49. The molecule has 0 aliphatic carbocycles. The summed E-state index contributed by atoms with van der Waals surface area (Å²) in [7, 11) is 0. The summed E-state index contributed by atoms with van der Waals surface area (Å²) in [4.78, 5) is 24.5. The fourth-order valence-electron chi connectivity index (χ4n) is 9.11. The van der Waals surface area contributed by atoms with Crippen molar-refractivity contribution in [3.8, 4) is 0 Å². The van der Waals surface area contributed by atoms with E-state index >= 15 is 0 Å². The van der Waals surface area contributed by atoms with E-state index < -0.39 is 12.1 Å². The average Bonchev–Trinajstić information content (AvgIpc) is 3.29. The van der Waals surface area contributed by atoms with Crippen molar-refractivity contribution in [2.24, 2.45) is 0 Å². The van der Waals surface area contributed by atoms with Crippen molar-refractivity contribution in [2.75, 3.05) is 13.2 Å². The minimum atomic E-state index is -0.666. The lowest BCUT2D eigenvalue weighted by Gasteiger charge is -2.22. The third-order valence-corrected chi connectivity index (χ3v) is 13.6. The number of esters is 1. The number of aliphatic hydroxyl groups excluding tert-OH is 2. The summed E-state index contributed by atoms with van der Waals surface area (Å²) in [5.41, 5.74) is 0. The third kappa shape index (κ3) is 50.0. The Kier molecular flexibility index (Phi) is 53.0. The standard InChI is InChI=1S/C58H113NO5/c1-3-5-7-9-11-13-14-15-16-17-23-26-29-32-36-40-44-48-52-58(63)64-53-49-45-41-37-33-30-27-24-21-19-18-20-22-25-28-31-35-39-43-47-51-57(62)59-55(54-60)56(61)50-46-42-38-34-12-10-8-6-4-2/h18,20,55-56,60-61H,3-17,19,21-54H2,1-2H3,(H,59,62)/b20-18-. The van der Waals surface area contributed by atoms with Crippen molar-refractivity contribution >= 4 is 11.9 Å². The van der Waals surface area contributed by atoms with Crippen LogP contribution in [0.25, 0.3) is 0 Å². The molecule has 0 aromatic heterocycles. The van der Waals surface area contributed by atoms with Gasteiger partial charge in [-0.05, 0) is 51.4 Å². The fourth-order valence-corrected chi connectivity index (χ4v) is 9.11. The molecule has 0 saturated heterocycles. The topological polar surface area (TPSA) is 95.9 Å². The van der Waals surface area contributed by atoms with Crippen molar-refractivity contribution in [2.45, 2.75) is 334 Å². The van der Waals surface area contributed by atoms with E-state index in [4.69, 9.17) is 4.74 Å². The minimum absolute atomic E-state index is 0.0108. The van der Waals surface area contributed by atoms with Crippen molar-refractivity contribution < 1.29 is 24.5 Å². The molecule has 0 rings (SSSR count). The number of carbonyl (C=O) groups excluding carboxylic acids is 2. The number of carbonyl (C=O) groups is 2. The quantitative estimate of drug-likeness (QED) is 0.0321. The molecule has 0 fully saturated rings. The van der Waals surface area contributed by atoms with E-state index in [1.54, 1.807) is 0 Å². The van der Waals surface area contributed by atoms with Gasteiger partial charge in [0.1, 0.15) is 0 Å². The first-order valence-electron chi connectivity index (χ1n) is 28.9. The number of allylic oxidation sites excluding steroid dienone is 2. The zero-order valence-corrected chi connectivity index (χ0v) is 43.3. The van der Waals surface area contributed by atoms with Gasteiger partial charge >= 0.3 is 5.97 Å². The second-order valence-electron chi connectivity index (χ2n) is 20.0. The van der Waals surface area contributed by atoms with Gasteiger partial charge < -0.3 is 20.3 Å². The van der Waals surface area contributed by atoms with Crippen LogP contribution < -0.4 is 5.32 Å². The van der Waals surface area contributed by atoms with Crippen LogP contribution in [0, 0.1) is 0 Å². The van der Waals surface area contributed by atoms with Crippen LogP contribution in [0.4, 0.5) is 0 Å². The average molecular weight is 905 g/mol. The van der Waals surface area contributed by atoms with Crippen molar-refractivity contribution in [1.29, 1.82) is 0 Å². The normalized spacial score (nSPS) is 12.6. The maximum absolute atomic E-state index is 12.4. The molecule has 2 atom stereocenters. The van der Waals surface area contributed by atoms with Gasteiger partial charge in [-0.2, -0.15) is 0 Å². The van der Waals surface area contributed by atoms with Crippen molar-refractivity contribution in [3.63, 3.8) is 0 Å². The van der Waals surface area contributed by atoms with Gasteiger partial charge in [0.15, 0.2) is 0 Å². The van der Waals surface area contributed by atoms with Crippen LogP contribution >= 0.6 is 0 Å². The Morgan fingerprint density at radius 1 is 0.422 bits per heavy atom. The molecule has 6 heteroatoms. The second-order valence-corrected chi connectivity index (χ2v) is 20.0. The Labute approximate surface area is 399 Å². The fraction of sp³-hybridized carbons (Fsp3) is 0.931. The molecule has 2 unspecified atom stereocenters. The summed E-state index contributed by atoms with van der Waals surface area (Å²) in [5.74, 6) is -0.0343. The zero-order valence-electron chi connectivity index (χ0n) is 43.3. The summed E-state index contributed by atoms with van der Waals surface area (Å²) in [6.45, 7) is 4.94. The lowest BCUT2D eigenvalue weighted by atomic mass is 10.0. The number of unbranched alkanes of at least 4 members (excludes halogenated alkanes) is 41. The first-order valence-corrected chi connectivity index (χ1v) is 28.9. The highest BCUT2D eigenvalue weighted by atomic mass is 16.5. The van der Waals surface area contributed by atoms with Crippen LogP contribution in [0.3, 0.4) is 0 Å². The zero-order chi connectivity index (χ0) is 46.5. The predicted molar refractivity (Wildman–Crippen MR) is 278 cm³/mol. The van der Waals surface area contributed by atoms with E-state index in [0.717, 1.165) is 38.5 Å². The van der Waals surface area contributed by atoms with Gasteiger partial charge in [0.05, 0.1) is 25.4 Å². The van der Waals surface area contributed by atoms with Gasteiger partial charge in [0.2, 0.25) is 5.91 Å². The molecule has 0 heterocycles. The molecular weight excluding hydrogens is 791 g/mol. The molecular formula is C58H113NO5. The maximum atomic E-state index is 12.4. The van der Waals surface area contributed by atoms with Crippen LogP contribution in [-0.4, -0.2) is 47.4 Å². The molecule has 3 N–H and O–H groups in total. The molecule has 0 aliphatic rings. The van der Waals surface area contributed by atoms with Gasteiger partial charge in [-0.1, -0.05) is 270 Å². The molecule has 0 aliphatic heterocycles. The molecule has 380 valence electrons. The molecule has 0 aromatic carbocycles. The molecule has 0 bridgehead atoms. The largest absolute Gasteiger partial charge is 0.466 e. The Morgan fingerprint density at radius 2 is 0.734 bits per heavy atom. The summed E-state index contributed by atoms with van der Waals surface area (Å²) in [6, 6.07) is -0.545. The highest BCUT2D eigenvalue weighted by molar-refractivity contribution is 5.76. The van der Waals surface area contributed by atoms with E-state index in [0.29, 0.717) is 25.9 Å². The van der Waals surface area contributed by atoms with Crippen LogP contribution in [0.1, 0.15) is 322 Å². The molecule has 64 heavy (non-hydrogen) atoms. The van der Waals surface area contributed by atoms with E-state index in [-0.39, 0.29) is 18.5 Å². The highest BCUT2D eigenvalue weighted by Crippen LogP contribution is 2.17. The van der Waals surface area contributed by atoms with Gasteiger partial charge in [-0.3, -0.25) is 9.59 Å². The first kappa shape index (κ1) is 62.6. The predicted octanol–water partition coefficient (Wildman–Crippen LogP) is 17.7. The van der Waals surface area contributed by atoms with Crippen LogP contribution in [0.5, 0.6) is 0 Å². The smallest absolute Gasteiger partial charge is 0.305 e. The Hall–Kier alpha value is -1.40. The number of hydrogen-bond donors (Lipinski definition) is 3. The Balaban J connectivity index is 3.37. The highest BCUT2D eigenvalue weighted by Gasteiger charge is 2.20. The Bertz CT molecular complexity index is 955. The van der Waals surface area contributed by atoms with E-state index in [1.165, 1.54) is 250 Å². The van der Waals surface area contributed by atoms with Gasteiger partial charge in [0, 0.05) is 12.8 Å². The van der Waals surface area contributed by atoms with E-state index in [1.807, 2.05) is 0 Å². The van der Waals surface area contributed by atoms with Gasteiger partial charge in [0.25, 0.3) is 0 Å². The summed E-state index contributed by atoms with van der Waals surface area (Å²) in [5, 5.41) is 23.1. The summed E-state index contributed by atoms with van der Waals surface area (Å²) >= 11 is 0. The number of nitrogens with one attached hydrogen (secondary N) is 1. The number of rotatable bonds is 54. The number of aliphatic hydroxyl groups is 2. The molecule has 0 saturated carbocycles. The number of amides is 1. The minimum Gasteiger partial charge on any atom is -0.466 e. The van der Waals surface area contributed by atoms with Crippen LogP contribution in [0.15, 0.2) is 12.2 Å². The number of ether oxygens (including phenoxy) is 1. The molecule has 0 aromatic rings. The maximum Gasteiger partial charge on any atom is 0.305 e. The lowest BCUT2D eigenvalue weighted by molar-refractivity contribution is -0.143. The summed E-state index contributed by atoms with van der Waals surface area (Å²) in [6.07, 6.45) is 63.6. The van der Waals surface area contributed by atoms with Crippen molar-refractivity contribution in [1.82, 2.24) is 5.32 Å². The third-order valence-electron chi connectivity index (χ3n) is 13.6. The number of hydrogen-bond acceptors (Lipinski definition) is 5. The van der Waals surface area contributed by atoms with E-state index in [9.17, 15) is 19.8 Å². The van der Waals surface area contributed by atoms with Crippen LogP contribution in [0.2, 0.25) is 0 Å². The SMILES string of the molecule is CCCCCCCCCCCCCCCCCCCCC(=O)OCCCCCCCCCCC/C=C\CCCCCCCCCC(=O)NC(CO)C(O)CCCCCCCCCCC. The second kappa shape index (κ2) is 54.2. The molecule has 0 radical (unpaired) electrons. The lowest BCUT2D eigenvalue weighted by Crippen LogP contribution is -2.45. The van der Waals surface area contributed by atoms with Gasteiger partial charge in [-0.25, -0.2) is 0 Å². The van der Waals surface area contributed by atoms with E-state index in [2.05, 4.69) is 31.3 Å². The molecule has 0 spiro atoms.